The highest BCUT2D eigenvalue weighted by atomic mass is 32.2. The second kappa shape index (κ2) is 8.69. The number of hydrogen-bond donors (Lipinski definition) is 3. The zero-order chi connectivity index (χ0) is 18.3. The highest BCUT2D eigenvalue weighted by Crippen LogP contribution is 2.13. The highest BCUT2D eigenvalue weighted by Gasteiger charge is 2.16. The Morgan fingerprint density at radius 2 is 1.79 bits per heavy atom. The van der Waals surface area contributed by atoms with Gasteiger partial charge in [0, 0.05) is 19.0 Å². The van der Waals surface area contributed by atoms with Crippen LogP contribution in [-0.2, 0) is 19.6 Å². The molecule has 0 bridgehead atoms. The van der Waals surface area contributed by atoms with E-state index in [1.165, 1.54) is 0 Å². The molecular weight excluding hydrogens is 344 g/mol. The van der Waals surface area contributed by atoms with E-state index in [-0.39, 0.29) is 31.5 Å². The first-order chi connectivity index (χ1) is 11.1. The molecule has 0 aliphatic rings. The molecule has 0 aromatic heterocycles. The summed E-state index contributed by atoms with van der Waals surface area (Å²) in [7, 11) is -4.06. The molecular formula is C14H19F2N3O4S. The van der Waals surface area contributed by atoms with Crippen molar-refractivity contribution in [3.05, 3.63) is 29.8 Å². The molecule has 0 spiro atoms. The maximum absolute atomic E-state index is 13.1. The van der Waals surface area contributed by atoms with Gasteiger partial charge in [0.25, 0.3) is 0 Å². The maximum Gasteiger partial charge on any atom is 0.240 e. The average Bonchev–Trinajstić information content (AvgIpc) is 2.47. The minimum absolute atomic E-state index is 0.0580. The van der Waals surface area contributed by atoms with Crippen molar-refractivity contribution >= 4 is 21.8 Å². The molecule has 0 fully saturated rings. The van der Waals surface area contributed by atoms with Gasteiger partial charge in [-0.3, -0.25) is 9.59 Å². The molecule has 0 atom stereocenters. The number of halogens is 2. The molecule has 0 radical (unpaired) electrons. The van der Waals surface area contributed by atoms with Crippen molar-refractivity contribution in [3.8, 4) is 0 Å². The largest absolute Gasteiger partial charge is 0.352 e. The molecule has 1 rings (SSSR count). The van der Waals surface area contributed by atoms with Crippen LogP contribution in [0.15, 0.2) is 23.1 Å². The van der Waals surface area contributed by atoms with Gasteiger partial charge in [0.15, 0.2) is 11.6 Å². The van der Waals surface area contributed by atoms with E-state index in [0.29, 0.717) is 12.1 Å². The van der Waals surface area contributed by atoms with E-state index in [4.69, 9.17) is 0 Å². The van der Waals surface area contributed by atoms with E-state index in [1.54, 1.807) is 13.8 Å². The van der Waals surface area contributed by atoms with E-state index < -0.39 is 32.5 Å². The lowest BCUT2D eigenvalue weighted by Crippen LogP contribution is -2.40. The van der Waals surface area contributed by atoms with Crippen LogP contribution in [0.1, 0.15) is 20.3 Å². The molecule has 1 aromatic carbocycles. The molecule has 10 heteroatoms. The third-order valence-corrected chi connectivity index (χ3v) is 4.20. The van der Waals surface area contributed by atoms with Gasteiger partial charge in [-0.1, -0.05) is 0 Å². The summed E-state index contributed by atoms with van der Waals surface area (Å²) in [6.45, 7) is 3.07. The number of benzene rings is 1. The standard InChI is InChI=1S/C14H19F2N3O4S/c1-9(2)19-14(21)8-17-13(20)5-6-18-24(22,23)10-3-4-11(15)12(16)7-10/h3-4,7,9,18H,5-6,8H2,1-2H3,(H,17,20)(H,19,21). The minimum atomic E-state index is -4.06. The quantitative estimate of drug-likeness (QED) is 0.617. The van der Waals surface area contributed by atoms with Gasteiger partial charge >= 0.3 is 0 Å². The Morgan fingerprint density at radius 3 is 2.38 bits per heavy atom. The Balaban J connectivity index is 2.44. The number of amides is 2. The Kier molecular flexibility index (Phi) is 7.23. The van der Waals surface area contributed by atoms with Gasteiger partial charge in [0.2, 0.25) is 21.8 Å². The van der Waals surface area contributed by atoms with Crippen LogP contribution in [0.4, 0.5) is 8.78 Å². The van der Waals surface area contributed by atoms with Crippen molar-refractivity contribution in [1.82, 2.24) is 15.4 Å². The Bertz CT molecular complexity index is 708. The van der Waals surface area contributed by atoms with E-state index in [0.717, 1.165) is 6.07 Å². The predicted octanol–water partition coefficient (Wildman–Crippen LogP) is 0.274. The zero-order valence-electron chi connectivity index (χ0n) is 13.2. The summed E-state index contributed by atoms with van der Waals surface area (Å²) in [4.78, 5) is 22.4. The van der Waals surface area contributed by atoms with Crippen LogP contribution in [0.25, 0.3) is 0 Å². The molecule has 0 heterocycles. The number of carbonyl (C=O) groups excluding carboxylic acids is 2. The highest BCUT2D eigenvalue weighted by molar-refractivity contribution is 7.89. The second-order valence-corrected chi connectivity index (χ2v) is 6.99. The lowest BCUT2D eigenvalue weighted by Gasteiger charge is -2.10. The lowest BCUT2D eigenvalue weighted by molar-refractivity contribution is -0.126. The summed E-state index contributed by atoms with van der Waals surface area (Å²) in [5.74, 6) is -3.33. The summed E-state index contributed by atoms with van der Waals surface area (Å²) in [6.07, 6.45) is -0.210. The molecule has 24 heavy (non-hydrogen) atoms. The van der Waals surface area contributed by atoms with E-state index in [1.807, 2.05) is 0 Å². The molecule has 0 unspecified atom stereocenters. The molecule has 1 aromatic rings. The molecule has 3 N–H and O–H groups in total. The third-order valence-electron chi connectivity index (χ3n) is 2.74. The van der Waals surface area contributed by atoms with Crippen molar-refractivity contribution in [3.63, 3.8) is 0 Å². The molecule has 2 amide bonds. The SMILES string of the molecule is CC(C)NC(=O)CNC(=O)CCNS(=O)(=O)c1ccc(F)c(F)c1. The fourth-order valence-corrected chi connectivity index (χ4v) is 2.71. The van der Waals surface area contributed by atoms with Gasteiger partial charge in [0.1, 0.15) is 0 Å². The van der Waals surface area contributed by atoms with E-state index in [9.17, 15) is 26.8 Å². The monoisotopic (exact) mass is 363 g/mol. The first-order valence-corrected chi connectivity index (χ1v) is 8.61. The predicted molar refractivity (Wildman–Crippen MR) is 82.5 cm³/mol. The van der Waals surface area contributed by atoms with Crippen LogP contribution < -0.4 is 15.4 Å². The fraction of sp³-hybridized carbons (Fsp3) is 0.429. The summed E-state index contributed by atoms with van der Waals surface area (Å²) in [5.41, 5.74) is 0. The van der Waals surface area contributed by atoms with Crippen molar-refractivity contribution < 1.29 is 26.8 Å². The van der Waals surface area contributed by atoms with Gasteiger partial charge in [0.05, 0.1) is 11.4 Å². The minimum Gasteiger partial charge on any atom is -0.352 e. The number of hydrogen-bond acceptors (Lipinski definition) is 4. The Hall–Kier alpha value is -2.07. The number of carbonyl (C=O) groups is 2. The normalized spacial score (nSPS) is 11.4. The Morgan fingerprint density at radius 1 is 1.12 bits per heavy atom. The summed E-state index contributed by atoms with van der Waals surface area (Å²) in [6, 6.07) is 2.10. The van der Waals surface area contributed by atoms with Gasteiger partial charge < -0.3 is 10.6 Å². The van der Waals surface area contributed by atoms with Crippen molar-refractivity contribution in [2.75, 3.05) is 13.1 Å². The molecule has 0 aliphatic carbocycles. The van der Waals surface area contributed by atoms with Gasteiger partial charge in [-0.15, -0.1) is 0 Å². The topological polar surface area (TPSA) is 104 Å². The molecule has 134 valence electrons. The molecule has 0 saturated carbocycles. The smallest absolute Gasteiger partial charge is 0.240 e. The first kappa shape index (κ1) is 20.0. The van der Waals surface area contributed by atoms with Crippen molar-refractivity contribution in [1.29, 1.82) is 0 Å². The summed E-state index contributed by atoms with van der Waals surface area (Å²) in [5, 5.41) is 4.91. The van der Waals surface area contributed by atoms with Crippen LogP contribution in [-0.4, -0.2) is 39.4 Å². The number of sulfonamides is 1. The van der Waals surface area contributed by atoms with Crippen LogP contribution in [0.2, 0.25) is 0 Å². The van der Waals surface area contributed by atoms with Crippen LogP contribution in [0.3, 0.4) is 0 Å². The van der Waals surface area contributed by atoms with E-state index >= 15 is 0 Å². The average molecular weight is 363 g/mol. The molecule has 0 saturated heterocycles. The van der Waals surface area contributed by atoms with Crippen LogP contribution >= 0.6 is 0 Å². The van der Waals surface area contributed by atoms with Gasteiger partial charge in [-0.2, -0.15) is 0 Å². The molecule has 0 aliphatic heterocycles. The van der Waals surface area contributed by atoms with Crippen LogP contribution in [0.5, 0.6) is 0 Å². The number of rotatable bonds is 8. The third kappa shape index (κ3) is 6.59. The fourth-order valence-electron chi connectivity index (χ4n) is 1.67. The Labute approximate surface area is 138 Å². The first-order valence-electron chi connectivity index (χ1n) is 7.12. The lowest BCUT2D eigenvalue weighted by atomic mass is 10.3. The second-order valence-electron chi connectivity index (χ2n) is 5.22. The summed E-state index contributed by atoms with van der Waals surface area (Å²) < 4.78 is 51.7. The van der Waals surface area contributed by atoms with Crippen molar-refractivity contribution in [2.45, 2.75) is 31.2 Å². The maximum atomic E-state index is 13.1. The zero-order valence-corrected chi connectivity index (χ0v) is 14.0. The summed E-state index contributed by atoms with van der Waals surface area (Å²) >= 11 is 0. The van der Waals surface area contributed by atoms with E-state index in [2.05, 4.69) is 15.4 Å². The number of nitrogens with one attached hydrogen (secondary N) is 3. The molecule has 7 nitrogen and oxygen atoms in total. The van der Waals surface area contributed by atoms with Crippen LogP contribution in [0, 0.1) is 11.6 Å². The van der Waals surface area contributed by atoms with Gasteiger partial charge in [-0.25, -0.2) is 21.9 Å². The van der Waals surface area contributed by atoms with Crippen molar-refractivity contribution in [2.24, 2.45) is 0 Å². The van der Waals surface area contributed by atoms with Gasteiger partial charge in [-0.05, 0) is 32.0 Å².